The van der Waals surface area contributed by atoms with E-state index in [-0.39, 0.29) is 5.97 Å². The lowest BCUT2D eigenvalue weighted by Gasteiger charge is -2.14. The summed E-state index contributed by atoms with van der Waals surface area (Å²) in [7, 11) is 0. The zero-order chi connectivity index (χ0) is 14.7. The van der Waals surface area contributed by atoms with Crippen molar-refractivity contribution in [3.05, 3.63) is 0 Å². The van der Waals surface area contributed by atoms with E-state index in [1.54, 1.807) is 6.92 Å². The van der Waals surface area contributed by atoms with Crippen molar-refractivity contribution in [3.63, 3.8) is 0 Å². The average molecular weight is 284 g/mol. The van der Waals surface area contributed by atoms with E-state index in [1.807, 2.05) is 0 Å². The van der Waals surface area contributed by atoms with Crippen molar-refractivity contribution in [2.45, 2.75) is 71.3 Å². The number of ether oxygens (including phenoxy) is 2. The Hall–Kier alpha value is -0.780. The van der Waals surface area contributed by atoms with Crippen LogP contribution in [-0.2, 0) is 14.3 Å². The number of halogens is 3. The molecule has 0 radical (unpaired) electrons. The first-order valence-electron chi connectivity index (χ1n) is 6.75. The van der Waals surface area contributed by atoms with Crippen molar-refractivity contribution in [1.29, 1.82) is 0 Å². The van der Waals surface area contributed by atoms with Crippen molar-refractivity contribution >= 4 is 5.97 Å². The van der Waals surface area contributed by atoms with E-state index in [9.17, 15) is 18.0 Å². The molecule has 0 aliphatic rings. The Morgan fingerprint density at radius 3 is 2.26 bits per heavy atom. The molecule has 0 aliphatic heterocycles. The third-order valence-corrected chi connectivity index (χ3v) is 2.63. The number of hydrogen-bond acceptors (Lipinski definition) is 3. The summed E-state index contributed by atoms with van der Waals surface area (Å²) in [6.45, 7) is 3.59. The molecular weight excluding hydrogens is 261 g/mol. The minimum absolute atomic E-state index is 0.185. The maximum atomic E-state index is 11.9. The van der Waals surface area contributed by atoms with Gasteiger partial charge in [0, 0.05) is 6.42 Å². The van der Waals surface area contributed by atoms with Crippen LogP contribution in [-0.4, -0.2) is 25.0 Å². The molecule has 114 valence electrons. The second kappa shape index (κ2) is 10.1. The predicted molar refractivity (Wildman–Crippen MR) is 65.6 cm³/mol. The highest BCUT2D eigenvalue weighted by Gasteiger charge is 2.31. The van der Waals surface area contributed by atoms with Gasteiger partial charge < -0.3 is 4.74 Å². The second-order valence-electron chi connectivity index (χ2n) is 4.49. The van der Waals surface area contributed by atoms with E-state index in [2.05, 4.69) is 4.74 Å². The standard InChI is InChI=1S/C13H23F3O3/c1-3-18-12(17)10-8-6-4-5-7-9-11(2)19-13(14,15)16/h11H,3-10H2,1-2H3. The number of carbonyl (C=O) groups excluding carboxylic acids is 1. The Balaban J connectivity index is 3.34. The van der Waals surface area contributed by atoms with Gasteiger partial charge in [-0.25, -0.2) is 0 Å². The fourth-order valence-corrected chi connectivity index (χ4v) is 1.75. The highest BCUT2D eigenvalue weighted by molar-refractivity contribution is 5.69. The van der Waals surface area contributed by atoms with Crippen molar-refractivity contribution in [2.75, 3.05) is 6.61 Å². The minimum atomic E-state index is -4.54. The number of esters is 1. The molecule has 0 saturated heterocycles. The predicted octanol–water partition coefficient (Wildman–Crippen LogP) is 4.21. The lowest BCUT2D eigenvalue weighted by atomic mass is 10.1. The van der Waals surface area contributed by atoms with Crippen LogP contribution < -0.4 is 0 Å². The second-order valence-corrected chi connectivity index (χ2v) is 4.49. The Labute approximate surface area is 112 Å². The molecule has 0 spiro atoms. The number of rotatable bonds is 10. The van der Waals surface area contributed by atoms with Crippen molar-refractivity contribution in [1.82, 2.24) is 0 Å². The fourth-order valence-electron chi connectivity index (χ4n) is 1.75. The molecular formula is C13H23F3O3. The lowest BCUT2D eigenvalue weighted by Crippen LogP contribution is -2.21. The van der Waals surface area contributed by atoms with Crippen LogP contribution in [0.2, 0.25) is 0 Å². The van der Waals surface area contributed by atoms with Crippen LogP contribution in [0.1, 0.15) is 58.8 Å². The Morgan fingerprint density at radius 2 is 1.68 bits per heavy atom. The van der Waals surface area contributed by atoms with Gasteiger partial charge in [0.25, 0.3) is 0 Å². The Bertz CT molecular complexity index is 242. The van der Waals surface area contributed by atoms with Gasteiger partial charge in [0.05, 0.1) is 12.7 Å². The third-order valence-electron chi connectivity index (χ3n) is 2.63. The molecule has 0 saturated carbocycles. The molecule has 0 heterocycles. The summed E-state index contributed by atoms with van der Waals surface area (Å²) in [5.74, 6) is -0.185. The van der Waals surface area contributed by atoms with E-state index >= 15 is 0 Å². The molecule has 0 fully saturated rings. The summed E-state index contributed by atoms with van der Waals surface area (Å²) in [5.41, 5.74) is 0. The molecule has 0 aromatic heterocycles. The Morgan fingerprint density at radius 1 is 1.11 bits per heavy atom. The van der Waals surface area contributed by atoms with Gasteiger partial charge in [-0.05, 0) is 26.7 Å². The summed E-state index contributed by atoms with van der Waals surface area (Å²) in [5, 5.41) is 0. The van der Waals surface area contributed by atoms with Crippen molar-refractivity contribution < 1.29 is 27.4 Å². The van der Waals surface area contributed by atoms with Crippen LogP contribution in [0.25, 0.3) is 0 Å². The van der Waals surface area contributed by atoms with Gasteiger partial charge in [0.2, 0.25) is 0 Å². The normalized spacial score (nSPS) is 13.3. The van der Waals surface area contributed by atoms with Gasteiger partial charge in [0.1, 0.15) is 0 Å². The molecule has 0 rings (SSSR count). The molecule has 0 aromatic rings. The minimum Gasteiger partial charge on any atom is -0.466 e. The van der Waals surface area contributed by atoms with E-state index < -0.39 is 12.5 Å². The zero-order valence-electron chi connectivity index (χ0n) is 11.6. The summed E-state index contributed by atoms with van der Waals surface area (Å²) >= 11 is 0. The van der Waals surface area contributed by atoms with Gasteiger partial charge in [-0.3, -0.25) is 9.53 Å². The van der Waals surface area contributed by atoms with Crippen LogP contribution in [0, 0.1) is 0 Å². The van der Waals surface area contributed by atoms with Crippen molar-refractivity contribution in [3.8, 4) is 0 Å². The quantitative estimate of drug-likeness (QED) is 0.445. The summed E-state index contributed by atoms with van der Waals surface area (Å²) in [6, 6.07) is 0. The molecule has 0 amide bonds. The average Bonchev–Trinajstić information content (AvgIpc) is 2.25. The molecule has 0 bridgehead atoms. The largest absolute Gasteiger partial charge is 0.522 e. The van der Waals surface area contributed by atoms with Crippen LogP contribution in [0.5, 0.6) is 0 Å². The molecule has 1 unspecified atom stereocenters. The van der Waals surface area contributed by atoms with Crippen molar-refractivity contribution in [2.24, 2.45) is 0 Å². The topological polar surface area (TPSA) is 35.5 Å². The van der Waals surface area contributed by atoms with Gasteiger partial charge >= 0.3 is 12.3 Å². The third kappa shape index (κ3) is 13.5. The molecule has 0 N–H and O–H groups in total. The summed E-state index contributed by atoms with van der Waals surface area (Å²) in [6.07, 6.45) is -0.374. The van der Waals surface area contributed by atoms with E-state index in [0.29, 0.717) is 25.9 Å². The summed E-state index contributed by atoms with van der Waals surface area (Å²) in [4.78, 5) is 11.0. The molecule has 19 heavy (non-hydrogen) atoms. The number of unbranched alkanes of at least 4 members (excludes halogenated alkanes) is 4. The lowest BCUT2D eigenvalue weighted by molar-refractivity contribution is -0.340. The SMILES string of the molecule is CCOC(=O)CCCCCCCC(C)OC(F)(F)F. The van der Waals surface area contributed by atoms with Crippen LogP contribution in [0.15, 0.2) is 0 Å². The van der Waals surface area contributed by atoms with E-state index in [1.165, 1.54) is 6.92 Å². The smallest absolute Gasteiger partial charge is 0.466 e. The maximum Gasteiger partial charge on any atom is 0.522 e. The number of alkyl halides is 3. The fraction of sp³-hybridized carbons (Fsp3) is 0.923. The van der Waals surface area contributed by atoms with E-state index in [0.717, 1.165) is 25.7 Å². The molecule has 1 atom stereocenters. The number of carbonyl (C=O) groups is 1. The monoisotopic (exact) mass is 284 g/mol. The first-order valence-corrected chi connectivity index (χ1v) is 6.75. The first-order chi connectivity index (χ1) is 8.85. The first kappa shape index (κ1) is 18.2. The molecule has 3 nitrogen and oxygen atoms in total. The summed E-state index contributed by atoms with van der Waals surface area (Å²) < 4.78 is 44.2. The van der Waals surface area contributed by atoms with Crippen LogP contribution in [0.3, 0.4) is 0 Å². The molecule has 0 aromatic carbocycles. The highest BCUT2D eigenvalue weighted by atomic mass is 19.4. The molecule has 0 aliphatic carbocycles. The molecule has 6 heteroatoms. The van der Waals surface area contributed by atoms with E-state index in [4.69, 9.17) is 4.74 Å². The van der Waals surface area contributed by atoms with Gasteiger partial charge in [-0.1, -0.05) is 25.7 Å². The Kier molecular flexibility index (Phi) is 9.65. The van der Waals surface area contributed by atoms with Gasteiger partial charge in [-0.15, -0.1) is 13.2 Å². The van der Waals surface area contributed by atoms with Gasteiger partial charge in [-0.2, -0.15) is 0 Å². The van der Waals surface area contributed by atoms with Crippen LogP contribution in [0.4, 0.5) is 13.2 Å². The maximum absolute atomic E-state index is 11.9. The van der Waals surface area contributed by atoms with Gasteiger partial charge in [0.15, 0.2) is 0 Å². The highest BCUT2D eigenvalue weighted by Crippen LogP contribution is 2.21. The zero-order valence-corrected chi connectivity index (χ0v) is 11.6. The van der Waals surface area contributed by atoms with Crippen LogP contribution >= 0.6 is 0 Å². The number of hydrogen-bond donors (Lipinski definition) is 0.